The predicted molar refractivity (Wildman–Crippen MR) is 98.9 cm³/mol. The summed E-state index contributed by atoms with van der Waals surface area (Å²) >= 11 is 3.46. The number of halogens is 1. The highest BCUT2D eigenvalue weighted by Crippen LogP contribution is 2.32. The van der Waals surface area contributed by atoms with Crippen LogP contribution in [0.3, 0.4) is 0 Å². The average molecular weight is 377 g/mol. The van der Waals surface area contributed by atoms with Gasteiger partial charge in [-0.1, -0.05) is 52.3 Å². The van der Waals surface area contributed by atoms with Crippen molar-refractivity contribution in [2.75, 3.05) is 0 Å². The van der Waals surface area contributed by atoms with Crippen molar-refractivity contribution >= 4 is 33.1 Å². The summed E-state index contributed by atoms with van der Waals surface area (Å²) in [5.41, 5.74) is 3.47. The second kappa shape index (κ2) is 6.37. The Balaban J connectivity index is 1.87. The zero-order chi connectivity index (χ0) is 16.4. The van der Waals surface area contributed by atoms with E-state index in [0.29, 0.717) is 0 Å². The van der Waals surface area contributed by atoms with Gasteiger partial charge in [-0.25, -0.2) is 4.98 Å². The largest absolute Gasteiger partial charge is 0.283 e. The van der Waals surface area contributed by atoms with Gasteiger partial charge in [-0.2, -0.15) is 0 Å². The lowest BCUT2D eigenvalue weighted by atomic mass is 10.1. The highest BCUT2D eigenvalue weighted by atomic mass is 79.9. The third-order valence-electron chi connectivity index (χ3n) is 3.64. The van der Waals surface area contributed by atoms with Crippen LogP contribution in [0.2, 0.25) is 0 Å². The van der Waals surface area contributed by atoms with Crippen LogP contribution in [0.15, 0.2) is 93.7 Å². The summed E-state index contributed by atoms with van der Waals surface area (Å²) in [5, 5.41) is 8.83. The Labute approximate surface area is 147 Å². The molecule has 4 aromatic rings. The predicted octanol–water partition coefficient (Wildman–Crippen LogP) is 6.18. The van der Waals surface area contributed by atoms with E-state index in [4.69, 9.17) is 4.98 Å². The Kier molecular flexibility index (Phi) is 3.92. The monoisotopic (exact) mass is 376 g/mol. The molecular formula is C19H13BrN4. The van der Waals surface area contributed by atoms with Crippen LogP contribution in [0.25, 0.3) is 16.9 Å². The summed E-state index contributed by atoms with van der Waals surface area (Å²) < 4.78 is 2.98. The molecular weight excluding hydrogens is 364 g/mol. The topological polar surface area (TPSA) is 42.0 Å². The fourth-order valence-electron chi connectivity index (χ4n) is 2.48. The third kappa shape index (κ3) is 2.86. The number of rotatable bonds is 3. The van der Waals surface area contributed by atoms with Crippen molar-refractivity contribution in [2.24, 2.45) is 10.2 Å². The average Bonchev–Trinajstić information content (AvgIpc) is 3.00. The molecule has 0 aliphatic rings. The molecule has 4 rings (SSSR count). The molecule has 4 nitrogen and oxygen atoms in total. The van der Waals surface area contributed by atoms with E-state index in [1.54, 1.807) is 0 Å². The first-order valence-corrected chi connectivity index (χ1v) is 8.30. The van der Waals surface area contributed by atoms with E-state index in [0.717, 1.165) is 32.9 Å². The van der Waals surface area contributed by atoms with Crippen molar-refractivity contribution in [1.29, 1.82) is 0 Å². The van der Waals surface area contributed by atoms with Crippen molar-refractivity contribution in [3.63, 3.8) is 0 Å². The molecule has 0 aliphatic carbocycles. The SMILES string of the molecule is Brc1ccc(-c2nc3ccccn3c2N=Nc2ccccc2)cc1. The number of aromatic nitrogens is 2. The lowest BCUT2D eigenvalue weighted by Crippen LogP contribution is -1.81. The van der Waals surface area contributed by atoms with Crippen LogP contribution in [-0.4, -0.2) is 9.38 Å². The Morgan fingerprint density at radius 3 is 2.33 bits per heavy atom. The molecule has 0 bridgehead atoms. The quantitative estimate of drug-likeness (QED) is 0.393. The standard InChI is InChI=1S/C19H13BrN4/c20-15-11-9-14(10-12-15)18-19(23-22-16-6-2-1-3-7-16)24-13-5-4-8-17(24)21-18/h1-13H. The third-order valence-corrected chi connectivity index (χ3v) is 4.17. The lowest BCUT2D eigenvalue weighted by Gasteiger charge is -2.00. The molecule has 116 valence electrons. The fourth-order valence-corrected chi connectivity index (χ4v) is 2.74. The molecule has 5 heteroatoms. The van der Waals surface area contributed by atoms with Gasteiger partial charge in [-0.3, -0.25) is 4.40 Å². The molecule has 2 heterocycles. The molecule has 0 atom stereocenters. The Morgan fingerprint density at radius 1 is 0.792 bits per heavy atom. The van der Waals surface area contributed by atoms with Gasteiger partial charge in [0.2, 0.25) is 0 Å². The molecule has 0 spiro atoms. The van der Waals surface area contributed by atoms with Crippen molar-refractivity contribution in [2.45, 2.75) is 0 Å². The van der Waals surface area contributed by atoms with Gasteiger partial charge < -0.3 is 0 Å². The maximum atomic E-state index is 4.72. The number of pyridine rings is 1. The van der Waals surface area contributed by atoms with Crippen molar-refractivity contribution < 1.29 is 0 Å². The zero-order valence-electron chi connectivity index (χ0n) is 12.7. The number of benzene rings is 2. The molecule has 0 amide bonds. The smallest absolute Gasteiger partial charge is 0.187 e. The van der Waals surface area contributed by atoms with Crippen molar-refractivity contribution in [3.05, 3.63) is 83.5 Å². The molecule has 0 saturated heterocycles. The summed E-state index contributed by atoms with van der Waals surface area (Å²) in [6, 6.07) is 23.6. The number of fused-ring (bicyclic) bond motifs is 1. The van der Waals surface area contributed by atoms with E-state index in [-0.39, 0.29) is 0 Å². The first kappa shape index (κ1) is 14.8. The van der Waals surface area contributed by atoms with Crippen LogP contribution in [0.5, 0.6) is 0 Å². The summed E-state index contributed by atoms with van der Waals surface area (Å²) in [6.45, 7) is 0. The maximum Gasteiger partial charge on any atom is 0.187 e. The number of nitrogens with zero attached hydrogens (tertiary/aromatic N) is 4. The summed E-state index contributed by atoms with van der Waals surface area (Å²) in [5.74, 6) is 0.719. The van der Waals surface area contributed by atoms with Gasteiger partial charge in [0.1, 0.15) is 11.3 Å². The molecule has 0 aliphatic heterocycles. The molecule has 0 unspecified atom stereocenters. The van der Waals surface area contributed by atoms with Gasteiger partial charge in [0.25, 0.3) is 0 Å². The van der Waals surface area contributed by atoms with Crippen LogP contribution in [0, 0.1) is 0 Å². The van der Waals surface area contributed by atoms with Crippen LogP contribution in [-0.2, 0) is 0 Å². The molecule has 2 aromatic carbocycles. The zero-order valence-corrected chi connectivity index (χ0v) is 14.3. The van der Waals surface area contributed by atoms with E-state index in [2.05, 4.69) is 26.2 Å². The molecule has 0 N–H and O–H groups in total. The highest BCUT2D eigenvalue weighted by Gasteiger charge is 2.13. The summed E-state index contributed by atoms with van der Waals surface area (Å²) in [4.78, 5) is 4.72. The first-order chi connectivity index (χ1) is 11.8. The minimum absolute atomic E-state index is 0.719. The van der Waals surface area contributed by atoms with E-state index >= 15 is 0 Å². The van der Waals surface area contributed by atoms with Gasteiger partial charge in [-0.15, -0.1) is 10.2 Å². The van der Waals surface area contributed by atoms with Crippen LogP contribution >= 0.6 is 15.9 Å². The lowest BCUT2D eigenvalue weighted by molar-refractivity contribution is 1.11. The fraction of sp³-hybridized carbons (Fsp3) is 0. The van der Waals surface area contributed by atoms with Gasteiger partial charge in [0.15, 0.2) is 5.82 Å². The number of azo groups is 1. The Bertz CT molecular complexity index is 1000. The molecule has 0 fully saturated rings. The second-order valence-corrected chi connectivity index (χ2v) is 6.17. The Morgan fingerprint density at radius 2 is 1.54 bits per heavy atom. The minimum Gasteiger partial charge on any atom is -0.283 e. The van der Waals surface area contributed by atoms with Crippen LogP contribution in [0.1, 0.15) is 0 Å². The van der Waals surface area contributed by atoms with Gasteiger partial charge in [-0.05, 0) is 36.4 Å². The first-order valence-electron chi connectivity index (χ1n) is 7.51. The van der Waals surface area contributed by atoms with E-state index < -0.39 is 0 Å². The number of hydrogen-bond donors (Lipinski definition) is 0. The molecule has 0 radical (unpaired) electrons. The van der Waals surface area contributed by atoms with Crippen LogP contribution in [0.4, 0.5) is 11.5 Å². The Hall–Kier alpha value is -2.79. The van der Waals surface area contributed by atoms with Gasteiger partial charge in [0.05, 0.1) is 5.69 Å². The highest BCUT2D eigenvalue weighted by molar-refractivity contribution is 9.10. The van der Waals surface area contributed by atoms with Crippen molar-refractivity contribution in [1.82, 2.24) is 9.38 Å². The number of hydrogen-bond acceptors (Lipinski definition) is 3. The van der Waals surface area contributed by atoms with Gasteiger partial charge >= 0.3 is 0 Å². The molecule has 24 heavy (non-hydrogen) atoms. The minimum atomic E-state index is 0.719. The van der Waals surface area contributed by atoms with Gasteiger partial charge in [0, 0.05) is 16.2 Å². The van der Waals surface area contributed by atoms with E-state index in [1.807, 2.05) is 83.4 Å². The maximum absolute atomic E-state index is 4.72. The van der Waals surface area contributed by atoms with Crippen molar-refractivity contribution in [3.8, 4) is 11.3 Å². The molecule has 2 aromatic heterocycles. The summed E-state index contributed by atoms with van der Waals surface area (Å²) in [7, 11) is 0. The summed E-state index contributed by atoms with van der Waals surface area (Å²) in [6.07, 6.45) is 1.95. The van der Waals surface area contributed by atoms with E-state index in [1.165, 1.54) is 0 Å². The second-order valence-electron chi connectivity index (χ2n) is 5.26. The number of imidazole rings is 1. The molecule has 0 saturated carbocycles. The van der Waals surface area contributed by atoms with E-state index in [9.17, 15) is 0 Å². The normalized spacial score (nSPS) is 11.4. The van der Waals surface area contributed by atoms with Crippen LogP contribution < -0.4 is 0 Å².